The summed E-state index contributed by atoms with van der Waals surface area (Å²) in [5.41, 5.74) is 3.13. The Labute approximate surface area is 248 Å². The van der Waals surface area contributed by atoms with Crippen LogP contribution in [0.3, 0.4) is 0 Å². The molecule has 0 heterocycles. The number of amides is 2. The molecule has 1 aliphatic carbocycles. The van der Waals surface area contributed by atoms with Gasteiger partial charge in [0.15, 0.2) is 0 Å². The summed E-state index contributed by atoms with van der Waals surface area (Å²) in [6, 6.07) is 16.9. The van der Waals surface area contributed by atoms with Gasteiger partial charge in [-0.2, -0.15) is 0 Å². The van der Waals surface area contributed by atoms with E-state index in [0.717, 1.165) is 47.5 Å². The zero-order valence-corrected chi connectivity index (χ0v) is 25.6. The van der Waals surface area contributed by atoms with Crippen LogP contribution in [0.15, 0.2) is 71.6 Å². The Morgan fingerprint density at radius 3 is 2.21 bits per heavy atom. The Balaban J connectivity index is 1.71. The molecule has 1 atom stereocenters. The fourth-order valence-corrected chi connectivity index (χ4v) is 6.88. The largest absolute Gasteiger partial charge is 0.352 e. The molecule has 0 saturated heterocycles. The molecule has 3 aromatic carbocycles. The zero-order chi connectivity index (χ0) is 30.4. The smallest absolute Gasteiger partial charge is 0.264 e. The van der Waals surface area contributed by atoms with Gasteiger partial charge in [-0.15, -0.1) is 0 Å². The SMILES string of the molecule is Cc1ccc(S(=O)(=O)N(CC(=O)N(Cc2ccccc2F)C(C)C(=O)NC2CCCCC2)c2ccc(C)cc2C)cc1. The number of anilines is 1. The van der Waals surface area contributed by atoms with Gasteiger partial charge in [-0.1, -0.05) is 72.9 Å². The number of aryl methyl sites for hydroxylation is 3. The number of hydrogen-bond acceptors (Lipinski definition) is 4. The number of rotatable bonds is 10. The number of sulfonamides is 1. The molecule has 1 fully saturated rings. The Morgan fingerprint density at radius 1 is 0.929 bits per heavy atom. The molecule has 1 saturated carbocycles. The lowest BCUT2D eigenvalue weighted by Gasteiger charge is -2.33. The molecule has 7 nitrogen and oxygen atoms in total. The number of halogens is 1. The molecular weight excluding hydrogens is 553 g/mol. The third-order valence-electron chi connectivity index (χ3n) is 7.93. The first-order chi connectivity index (χ1) is 20.0. The third kappa shape index (κ3) is 7.37. The molecule has 1 unspecified atom stereocenters. The van der Waals surface area contributed by atoms with E-state index in [0.29, 0.717) is 11.3 Å². The lowest BCUT2D eigenvalue weighted by atomic mass is 9.95. The fraction of sp³-hybridized carbons (Fsp3) is 0.394. The first-order valence-electron chi connectivity index (χ1n) is 14.5. The molecule has 9 heteroatoms. The van der Waals surface area contributed by atoms with Crippen molar-refractivity contribution in [2.75, 3.05) is 10.8 Å². The average molecular weight is 594 g/mol. The van der Waals surface area contributed by atoms with E-state index in [1.54, 1.807) is 56.3 Å². The van der Waals surface area contributed by atoms with Crippen LogP contribution in [-0.2, 0) is 26.2 Å². The normalized spacial score (nSPS) is 14.7. The van der Waals surface area contributed by atoms with Gasteiger partial charge in [0.1, 0.15) is 18.4 Å². The van der Waals surface area contributed by atoms with Crippen molar-refractivity contribution in [2.24, 2.45) is 0 Å². The second-order valence-electron chi connectivity index (χ2n) is 11.2. The monoisotopic (exact) mass is 593 g/mol. The van der Waals surface area contributed by atoms with E-state index in [4.69, 9.17) is 0 Å². The summed E-state index contributed by atoms with van der Waals surface area (Å²) in [5, 5.41) is 3.06. The summed E-state index contributed by atoms with van der Waals surface area (Å²) >= 11 is 0. The molecule has 0 spiro atoms. The number of carbonyl (C=O) groups is 2. The summed E-state index contributed by atoms with van der Waals surface area (Å²) in [4.78, 5) is 28.8. The molecule has 42 heavy (non-hydrogen) atoms. The van der Waals surface area contributed by atoms with Crippen molar-refractivity contribution in [1.82, 2.24) is 10.2 Å². The molecule has 224 valence electrons. The van der Waals surface area contributed by atoms with Crippen LogP contribution in [0, 0.1) is 26.6 Å². The van der Waals surface area contributed by atoms with Crippen LogP contribution < -0.4 is 9.62 Å². The maximum absolute atomic E-state index is 14.8. The molecule has 0 aliphatic heterocycles. The molecule has 0 radical (unpaired) electrons. The van der Waals surface area contributed by atoms with Crippen LogP contribution in [0.1, 0.15) is 61.3 Å². The summed E-state index contributed by atoms with van der Waals surface area (Å²) in [6.45, 7) is 6.42. The van der Waals surface area contributed by atoms with Gasteiger partial charge >= 0.3 is 0 Å². The summed E-state index contributed by atoms with van der Waals surface area (Å²) in [6.07, 6.45) is 4.92. The van der Waals surface area contributed by atoms with Crippen molar-refractivity contribution in [3.63, 3.8) is 0 Å². The average Bonchev–Trinajstić information content (AvgIpc) is 2.96. The molecule has 1 N–H and O–H groups in total. The lowest BCUT2D eigenvalue weighted by Crippen LogP contribution is -2.53. The van der Waals surface area contributed by atoms with Gasteiger partial charge in [0, 0.05) is 18.2 Å². The molecule has 2 amide bonds. The van der Waals surface area contributed by atoms with Crippen LogP contribution in [0.2, 0.25) is 0 Å². The van der Waals surface area contributed by atoms with E-state index in [-0.39, 0.29) is 29.0 Å². The fourth-order valence-electron chi connectivity index (χ4n) is 5.40. The Kier molecular flexibility index (Phi) is 10.0. The van der Waals surface area contributed by atoms with Crippen molar-refractivity contribution in [1.29, 1.82) is 0 Å². The van der Waals surface area contributed by atoms with Crippen LogP contribution in [0.25, 0.3) is 0 Å². The highest BCUT2D eigenvalue weighted by atomic mass is 32.2. The second kappa shape index (κ2) is 13.5. The quantitative estimate of drug-likeness (QED) is 0.321. The van der Waals surface area contributed by atoms with E-state index in [9.17, 15) is 22.4 Å². The number of benzene rings is 3. The standard InChI is InChI=1S/C33H40FN3O4S/c1-23-14-17-29(18-15-23)42(40,41)37(31-19-16-24(2)20-25(31)3)22-32(38)36(21-27-10-8-9-13-30(27)34)26(4)33(39)35-28-11-6-5-7-12-28/h8-10,13-20,26,28H,5-7,11-12,21-22H2,1-4H3,(H,35,39). The Bertz CT molecular complexity index is 1520. The van der Waals surface area contributed by atoms with Crippen molar-refractivity contribution in [3.8, 4) is 0 Å². The topological polar surface area (TPSA) is 86.8 Å². The number of hydrogen-bond donors (Lipinski definition) is 1. The van der Waals surface area contributed by atoms with E-state index >= 15 is 0 Å². The third-order valence-corrected chi connectivity index (χ3v) is 9.70. The van der Waals surface area contributed by atoms with Crippen molar-refractivity contribution in [3.05, 3.63) is 94.8 Å². The van der Waals surface area contributed by atoms with Gasteiger partial charge in [-0.25, -0.2) is 12.8 Å². The zero-order valence-electron chi connectivity index (χ0n) is 24.8. The van der Waals surface area contributed by atoms with Crippen LogP contribution in [-0.4, -0.2) is 43.8 Å². The maximum Gasteiger partial charge on any atom is 0.264 e. The van der Waals surface area contributed by atoms with Gasteiger partial charge in [0.05, 0.1) is 10.6 Å². The predicted octanol–water partition coefficient (Wildman–Crippen LogP) is 5.81. The molecule has 4 rings (SSSR count). The summed E-state index contributed by atoms with van der Waals surface area (Å²) in [5.74, 6) is -1.46. The molecule has 0 aromatic heterocycles. The van der Waals surface area contributed by atoms with E-state index in [1.165, 1.54) is 23.1 Å². The van der Waals surface area contributed by atoms with Crippen molar-refractivity contribution >= 4 is 27.5 Å². The van der Waals surface area contributed by atoms with Gasteiger partial charge in [0.25, 0.3) is 10.0 Å². The van der Waals surface area contributed by atoms with E-state index in [1.807, 2.05) is 19.9 Å². The number of nitrogens with one attached hydrogen (secondary N) is 1. The minimum atomic E-state index is -4.17. The second-order valence-corrected chi connectivity index (χ2v) is 13.1. The highest BCUT2D eigenvalue weighted by molar-refractivity contribution is 7.92. The van der Waals surface area contributed by atoms with Crippen molar-refractivity contribution in [2.45, 2.75) is 83.3 Å². The van der Waals surface area contributed by atoms with Crippen LogP contribution in [0.4, 0.5) is 10.1 Å². The van der Waals surface area contributed by atoms with Gasteiger partial charge in [-0.05, 0) is 70.4 Å². The number of carbonyl (C=O) groups excluding carboxylic acids is 2. The van der Waals surface area contributed by atoms with Crippen molar-refractivity contribution < 1.29 is 22.4 Å². The lowest BCUT2D eigenvalue weighted by molar-refractivity contribution is -0.139. The van der Waals surface area contributed by atoms with Crippen LogP contribution in [0.5, 0.6) is 0 Å². The molecular formula is C33H40FN3O4S. The highest BCUT2D eigenvalue weighted by Gasteiger charge is 2.34. The highest BCUT2D eigenvalue weighted by Crippen LogP contribution is 2.29. The molecule has 0 bridgehead atoms. The Morgan fingerprint density at radius 2 is 1.57 bits per heavy atom. The minimum absolute atomic E-state index is 0.0211. The first-order valence-corrected chi connectivity index (χ1v) is 15.9. The van der Waals surface area contributed by atoms with Gasteiger partial charge in [-0.3, -0.25) is 13.9 Å². The maximum atomic E-state index is 14.8. The van der Waals surface area contributed by atoms with Gasteiger partial charge < -0.3 is 10.2 Å². The van der Waals surface area contributed by atoms with Gasteiger partial charge in [0.2, 0.25) is 11.8 Å². The number of nitrogens with zero attached hydrogens (tertiary/aromatic N) is 2. The minimum Gasteiger partial charge on any atom is -0.352 e. The van der Waals surface area contributed by atoms with E-state index < -0.39 is 34.3 Å². The molecule has 1 aliphatic rings. The summed E-state index contributed by atoms with van der Waals surface area (Å²) < 4.78 is 43.9. The van der Waals surface area contributed by atoms with Crippen LogP contribution >= 0.6 is 0 Å². The Hall–Kier alpha value is -3.72. The molecule has 3 aromatic rings. The van der Waals surface area contributed by atoms with E-state index in [2.05, 4.69) is 5.32 Å². The first kappa shape index (κ1) is 31.2. The predicted molar refractivity (Wildman–Crippen MR) is 163 cm³/mol. The summed E-state index contributed by atoms with van der Waals surface area (Å²) in [7, 11) is -4.17.